The van der Waals surface area contributed by atoms with Gasteiger partial charge in [-0.3, -0.25) is 4.79 Å². The third kappa shape index (κ3) is 6.82. The summed E-state index contributed by atoms with van der Waals surface area (Å²) < 4.78 is 5.08. The molecule has 15 heavy (non-hydrogen) atoms. The molecule has 0 aliphatic carbocycles. The highest BCUT2D eigenvalue weighted by Crippen LogP contribution is 2.19. The van der Waals surface area contributed by atoms with Crippen LogP contribution < -0.4 is 0 Å². The van der Waals surface area contributed by atoms with Gasteiger partial charge in [-0.05, 0) is 33.8 Å². The number of hydrogen-bond donors (Lipinski definition) is 0. The highest BCUT2D eigenvalue weighted by Gasteiger charge is 2.24. The first-order valence-electron chi connectivity index (χ1n) is 4.93. The summed E-state index contributed by atoms with van der Waals surface area (Å²) in [6, 6.07) is 0. The predicted octanol–water partition coefficient (Wildman–Crippen LogP) is 2.82. The van der Waals surface area contributed by atoms with Gasteiger partial charge in [-0.25, -0.2) is 0 Å². The van der Waals surface area contributed by atoms with Crippen LogP contribution in [0.4, 0.5) is 0 Å². The second kappa shape index (κ2) is 5.63. The average Bonchev–Trinajstić information content (AvgIpc) is 2.00. The maximum absolute atomic E-state index is 10.8. The van der Waals surface area contributed by atoms with Crippen LogP contribution >= 0.6 is 0 Å². The normalized spacial score (nSPS) is 12.9. The first-order chi connectivity index (χ1) is 6.76. The van der Waals surface area contributed by atoms with Crippen molar-refractivity contribution in [1.29, 1.82) is 0 Å². The molecule has 0 aromatic heterocycles. The number of esters is 1. The minimum absolute atomic E-state index is 0.348. The molecule has 0 N–H and O–H groups in total. The largest absolute Gasteiger partial charge is 0.458 e. The summed E-state index contributed by atoms with van der Waals surface area (Å²) in [5.74, 6) is -0.348. The summed E-state index contributed by atoms with van der Waals surface area (Å²) in [6.07, 6.45) is 1.86. The number of carbonyl (C=O) groups excluding carboxylic acids is 1. The number of rotatable bonds is 5. The molecular weight excluding hydrogens is 194 g/mol. The number of ether oxygens (including phenoxy) is 1. The van der Waals surface area contributed by atoms with Gasteiger partial charge in [0.05, 0.1) is 0 Å². The molecule has 4 nitrogen and oxygen atoms in total. The fraction of sp³-hybridized carbons (Fsp3) is 0.727. The van der Waals surface area contributed by atoms with Crippen LogP contribution in [0.15, 0.2) is 16.8 Å². The lowest BCUT2D eigenvalue weighted by atomic mass is 9.97. The minimum atomic E-state index is -0.716. The van der Waals surface area contributed by atoms with Gasteiger partial charge in [-0.15, -0.1) is 0 Å². The Labute approximate surface area is 90.7 Å². The van der Waals surface area contributed by atoms with E-state index < -0.39 is 5.54 Å². The molecule has 0 saturated heterocycles. The average molecular weight is 213 g/mol. The Morgan fingerprint density at radius 2 is 1.93 bits per heavy atom. The van der Waals surface area contributed by atoms with E-state index >= 15 is 0 Å². The molecule has 0 aromatic rings. The van der Waals surface area contributed by atoms with Crippen molar-refractivity contribution in [3.8, 4) is 0 Å². The second-order valence-electron chi connectivity index (χ2n) is 4.50. The van der Waals surface area contributed by atoms with Crippen LogP contribution in [-0.2, 0) is 9.53 Å². The summed E-state index contributed by atoms with van der Waals surface area (Å²) >= 11 is 0. The van der Waals surface area contributed by atoms with E-state index in [1.54, 1.807) is 13.8 Å². The van der Waals surface area contributed by atoms with Crippen LogP contribution in [0.3, 0.4) is 0 Å². The lowest BCUT2D eigenvalue weighted by Gasteiger charge is -2.21. The molecule has 4 heteroatoms. The van der Waals surface area contributed by atoms with E-state index in [-0.39, 0.29) is 12.1 Å². The third-order valence-electron chi connectivity index (χ3n) is 1.78. The zero-order valence-electron chi connectivity index (χ0n) is 10.0. The van der Waals surface area contributed by atoms with Crippen molar-refractivity contribution in [2.75, 3.05) is 0 Å². The first-order valence-corrected chi connectivity index (χ1v) is 4.93. The van der Waals surface area contributed by atoms with Crippen LogP contribution in [0, 0.1) is 4.91 Å². The highest BCUT2D eigenvalue weighted by atomic mass is 16.5. The van der Waals surface area contributed by atoms with Crippen LogP contribution in [0.25, 0.3) is 0 Å². The van der Waals surface area contributed by atoms with Gasteiger partial charge < -0.3 is 4.74 Å². The van der Waals surface area contributed by atoms with Gasteiger partial charge in [0.15, 0.2) is 0 Å². The number of nitroso groups, excluding NO2 is 1. The van der Waals surface area contributed by atoms with Gasteiger partial charge >= 0.3 is 5.97 Å². The standard InChI is InChI=1S/C11H19NO3/c1-8(2)6-10(15-9(3)13)7-11(4,5)12-14/h6,10H,7H2,1-5H3. The molecule has 0 radical (unpaired) electrons. The predicted molar refractivity (Wildman–Crippen MR) is 59.5 cm³/mol. The smallest absolute Gasteiger partial charge is 0.303 e. The van der Waals surface area contributed by atoms with E-state index in [1.165, 1.54) is 6.92 Å². The SMILES string of the molecule is CC(=O)OC(C=C(C)C)CC(C)(C)N=O. The molecule has 0 aliphatic rings. The zero-order chi connectivity index (χ0) is 12.1. The summed E-state index contributed by atoms with van der Waals surface area (Å²) in [5.41, 5.74) is 0.328. The maximum atomic E-state index is 10.8. The Morgan fingerprint density at radius 1 is 1.40 bits per heavy atom. The van der Waals surface area contributed by atoms with Crippen LogP contribution in [0.2, 0.25) is 0 Å². The molecule has 0 fully saturated rings. The molecular formula is C11H19NO3. The van der Waals surface area contributed by atoms with E-state index in [1.807, 2.05) is 19.9 Å². The Morgan fingerprint density at radius 3 is 2.27 bits per heavy atom. The monoisotopic (exact) mass is 213 g/mol. The lowest BCUT2D eigenvalue weighted by Crippen LogP contribution is -2.26. The van der Waals surface area contributed by atoms with Gasteiger partial charge in [0.1, 0.15) is 11.6 Å². The Bertz CT molecular complexity index is 265. The number of hydrogen-bond acceptors (Lipinski definition) is 4. The lowest BCUT2D eigenvalue weighted by molar-refractivity contribution is -0.144. The van der Waals surface area contributed by atoms with Crippen molar-refractivity contribution in [3.05, 3.63) is 16.6 Å². The van der Waals surface area contributed by atoms with Gasteiger partial charge in [-0.2, -0.15) is 4.91 Å². The van der Waals surface area contributed by atoms with Crippen LogP contribution in [0.1, 0.15) is 41.0 Å². The minimum Gasteiger partial charge on any atom is -0.458 e. The third-order valence-corrected chi connectivity index (χ3v) is 1.78. The van der Waals surface area contributed by atoms with Gasteiger partial charge in [0.2, 0.25) is 0 Å². The zero-order valence-corrected chi connectivity index (χ0v) is 10.0. The van der Waals surface area contributed by atoms with Gasteiger partial charge in [0, 0.05) is 13.3 Å². The Hall–Kier alpha value is -1.19. The topological polar surface area (TPSA) is 55.7 Å². The van der Waals surface area contributed by atoms with Crippen molar-refractivity contribution in [3.63, 3.8) is 0 Å². The van der Waals surface area contributed by atoms with Crippen LogP contribution in [0.5, 0.6) is 0 Å². The van der Waals surface area contributed by atoms with Crippen molar-refractivity contribution in [2.24, 2.45) is 5.18 Å². The first kappa shape index (κ1) is 13.8. The van der Waals surface area contributed by atoms with Gasteiger partial charge in [0.25, 0.3) is 0 Å². The van der Waals surface area contributed by atoms with Crippen molar-refractivity contribution in [1.82, 2.24) is 0 Å². The number of nitrogens with zero attached hydrogens (tertiary/aromatic N) is 1. The second-order valence-corrected chi connectivity index (χ2v) is 4.50. The van der Waals surface area contributed by atoms with E-state index in [4.69, 9.17) is 4.74 Å². The molecule has 0 saturated carbocycles. The van der Waals surface area contributed by atoms with Gasteiger partial charge in [-0.1, -0.05) is 10.7 Å². The van der Waals surface area contributed by atoms with E-state index in [0.717, 1.165) is 5.57 Å². The molecule has 1 unspecified atom stereocenters. The fourth-order valence-electron chi connectivity index (χ4n) is 1.25. The van der Waals surface area contributed by atoms with Crippen molar-refractivity contribution < 1.29 is 9.53 Å². The molecule has 0 heterocycles. The van der Waals surface area contributed by atoms with Crippen molar-refractivity contribution in [2.45, 2.75) is 52.7 Å². The molecule has 0 rings (SSSR count). The van der Waals surface area contributed by atoms with E-state index in [9.17, 15) is 9.70 Å². The Kier molecular flexibility index (Phi) is 5.19. The summed E-state index contributed by atoms with van der Waals surface area (Å²) in [4.78, 5) is 21.4. The number of allylic oxidation sites excluding steroid dienone is 1. The molecule has 86 valence electrons. The molecule has 0 spiro atoms. The summed E-state index contributed by atoms with van der Waals surface area (Å²) in [7, 11) is 0. The van der Waals surface area contributed by atoms with Crippen LogP contribution in [-0.4, -0.2) is 17.6 Å². The molecule has 1 atom stereocenters. The van der Waals surface area contributed by atoms with E-state index in [0.29, 0.717) is 6.42 Å². The quantitative estimate of drug-likeness (QED) is 0.401. The Balaban J connectivity index is 4.58. The van der Waals surface area contributed by atoms with Crippen molar-refractivity contribution >= 4 is 5.97 Å². The number of carbonyl (C=O) groups is 1. The summed E-state index contributed by atoms with van der Waals surface area (Å²) in [6.45, 7) is 8.62. The van der Waals surface area contributed by atoms with E-state index in [2.05, 4.69) is 5.18 Å². The highest BCUT2D eigenvalue weighted by molar-refractivity contribution is 5.66. The maximum Gasteiger partial charge on any atom is 0.303 e. The molecule has 0 amide bonds. The fourth-order valence-corrected chi connectivity index (χ4v) is 1.25. The summed E-state index contributed by atoms with van der Waals surface area (Å²) in [5, 5.41) is 3.00. The molecule has 0 bridgehead atoms. The molecule has 0 aromatic carbocycles. The molecule has 0 aliphatic heterocycles.